The standard InChI is InChI=1S/C29H32N6O2/c1-19-16-20(27(36)33-22-8-14-37-15-9-22)4-5-24(19)34-28-31-13-7-25(35-28)21-17-23-26(32-18-21)6-11-29(23,2)10-3-12-30/h4-5,7,13,16-18,22H,3,6,8-11,14-15H2,1-2H3,(H,33,36)(H,31,34,35). The average Bonchev–Trinajstić information content (AvgIpc) is 3.25. The highest BCUT2D eigenvalue weighted by Gasteiger charge is 2.35. The number of hydrogen-bond acceptors (Lipinski definition) is 7. The van der Waals surface area contributed by atoms with Crippen molar-refractivity contribution in [2.75, 3.05) is 18.5 Å². The number of aromatic nitrogens is 3. The van der Waals surface area contributed by atoms with E-state index in [2.05, 4.69) is 34.7 Å². The number of nitrogens with zero attached hydrogens (tertiary/aromatic N) is 4. The van der Waals surface area contributed by atoms with Crippen LogP contribution in [0.5, 0.6) is 0 Å². The van der Waals surface area contributed by atoms with Crippen molar-refractivity contribution in [1.29, 1.82) is 5.26 Å². The lowest BCUT2D eigenvalue weighted by molar-refractivity contribution is 0.0696. The molecule has 3 aromatic rings. The molecule has 5 rings (SSSR count). The zero-order valence-electron chi connectivity index (χ0n) is 21.4. The monoisotopic (exact) mass is 496 g/mol. The van der Waals surface area contributed by atoms with Crippen LogP contribution in [0.25, 0.3) is 11.3 Å². The van der Waals surface area contributed by atoms with Crippen LogP contribution in [0.2, 0.25) is 0 Å². The Bertz CT molecular complexity index is 1340. The number of nitrogens with one attached hydrogen (secondary N) is 2. The summed E-state index contributed by atoms with van der Waals surface area (Å²) in [6, 6.07) is 12.1. The molecule has 37 heavy (non-hydrogen) atoms. The van der Waals surface area contributed by atoms with Crippen molar-refractivity contribution < 1.29 is 9.53 Å². The van der Waals surface area contributed by atoms with Crippen molar-refractivity contribution in [2.24, 2.45) is 0 Å². The largest absolute Gasteiger partial charge is 0.381 e. The third-order valence-corrected chi connectivity index (χ3v) is 7.57. The first-order valence-electron chi connectivity index (χ1n) is 12.9. The number of amides is 1. The van der Waals surface area contributed by atoms with E-state index in [9.17, 15) is 4.79 Å². The topological polar surface area (TPSA) is 113 Å². The number of carbonyl (C=O) groups is 1. The van der Waals surface area contributed by atoms with Crippen molar-refractivity contribution in [3.8, 4) is 17.3 Å². The van der Waals surface area contributed by atoms with E-state index in [4.69, 9.17) is 20.0 Å². The summed E-state index contributed by atoms with van der Waals surface area (Å²) in [6.07, 6.45) is 8.62. The van der Waals surface area contributed by atoms with E-state index in [1.807, 2.05) is 37.4 Å². The molecular formula is C29H32N6O2. The average molecular weight is 497 g/mol. The van der Waals surface area contributed by atoms with Gasteiger partial charge in [0.05, 0.1) is 11.8 Å². The number of ether oxygens (including phenoxy) is 1. The highest BCUT2D eigenvalue weighted by molar-refractivity contribution is 5.95. The molecule has 190 valence electrons. The van der Waals surface area contributed by atoms with Gasteiger partial charge in [0.25, 0.3) is 5.91 Å². The molecule has 1 aliphatic carbocycles. The summed E-state index contributed by atoms with van der Waals surface area (Å²) in [7, 11) is 0. The van der Waals surface area contributed by atoms with Gasteiger partial charge in [-0.25, -0.2) is 9.97 Å². The Kier molecular flexibility index (Phi) is 7.15. The number of benzene rings is 1. The fraction of sp³-hybridized carbons (Fsp3) is 0.414. The number of rotatable bonds is 7. The first kappa shape index (κ1) is 24.8. The van der Waals surface area contributed by atoms with E-state index >= 15 is 0 Å². The minimum atomic E-state index is -0.0642. The summed E-state index contributed by atoms with van der Waals surface area (Å²) < 4.78 is 5.37. The molecule has 8 heteroatoms. The molecule has 1 unspecified atom stereocenters. The van der Waals surface area contributed by atoms with Crippen molar-refractivity contribution in [3.63, 3.8) is 0 Å². The van der Waals surface area contributed by atoms with Crippen LogP contribution in [0.1, 0.15) is 66.2 Å². The molecule has 0 spiro atoms. The van der Waals surface area contributed by atoms with Gasteiger partial charge in [0, 0.05) is 60.6 Å². The molecule has 3 heterocycles. The van der Waals surface area contributed by atoms with E-state index in [1.165, 1.54) is 5.56 Å². The van der Waals surface area contributed by atoms with Crippen LogP contribution < -0.4 is 10.6 Å². The molecule has 2 N–H and O–H groups in total. The second kappa shape index (κ2) is 10.7. The summed E-state index contributed by atoms with van der Waals surface area (Å²) in [5.74, 6) is 0.415. The van der Waals surface area contributed by atoms with Gasteiger partial charge in [0.1, 0.15) is 0 Å². The quantitative estimate of drug-likeness (QED) is 0.473. The molecule has 1 aromatic carbocycles. The molecule has 1 atom stereocenters. The van der Waals surface area contributed by atoms with E-state index in [1.54, 1.807) is 6.20 Å². The summed E-state index contributed by atoms with van der Waals surface area (Å²) in [6.45, 7) is 5.57. The number of hydrogen-bond donors (Lipinski definition) is 2. The van der Waals surface area contributed by atoms with Crippen molar-refractivity contribution in [2.45, 2.75) is 63.8 Å². The lowest BCUT2D eigenvalue weighted by atomic mass is 9.80. The van der Waals surface area contributed by atoms with Crippen LogP contribution in [-0.4, -0.2) is 40.1 Å². The van der Waals surface area contributed by atoms with E-state index in [-0.39, 0.29) is 17.4 Å². The van der Waals surface area contributed by atoms with Gasteiger partial charge in [-0.1, -0.05) is 6.92 Å². The Balaban J connectivity index is 1.31. The van der Waals surface area contributed by atoms with E-state index in [0.717, 1.165) is 60.3 Å². The van der Waals surface area contributed by atoms with Crippen LogP contribution in [0.3, 0.4) is 0 Å². The predicted octanol–water partition coefficient (Wildman–Crippen LogP) is 5.01. The molecule has 0 saturated carbocycles. The Labute approximate surface area is 217 Å². The Morgan fingerprint density at radius 3 is 2.84 bits per heavy atom. The molecule has 2 aliphatic rings. The molecule has 1 aliphatic heterocycles. The molecule has 1 amide bonds. The highest BCUT2D eigenvalue weighted by atomic mass is 16.5. The normalized spacial score (nSPS) is 19.2. The molecular weight excluding hydrogens is 464 g/mol. The van der Waals surface area contributed by atoms with Gasteiger partial charge in [-0.15, -0.1) is 0 Å². The molecule has 1 fully saturated rings. The van der Waals surface area contributed by atoms with Crippen molar-refractivity contribution in [1.82, 2.24) is 20.3 Å². The lowest BCUT2D eigenvalue weighted by Crippen LogP contribution is -2.38. The number of aryl methyl sites for hydroxylation is 2. The van der Waals surface area contributed by atoms with Gasteiger partial charge in [-0.05, 0) is 85.9 Å². The summed E-state index contributed by atoms with van der Waals surface area (Å²) in [5, 5.41) is 15.5. The molecule has 1 saturated heterocycles. The Hall–Kier alpha value is -3.83. The van der Waals surface area contributed by atoms with Crippen LogP contribution in [0.15, 0.2) is 42.7 Å². The summed E-state index contributed by atoms with van der Waals surface area (Å²) in [5.41, 5.74) is 6.44. The minimum Gasteiger partial charge on any atom is -0.381 e. The van der Waals surface area contributed by atoms with Gasteiger partial charge < -0.3 is 15.4 Å². The van der Waals surface area contributed by atoms with Gasteiger partial charge in [0.15, 0.2) is 0 Å². The van der Waals surface area contributed by atoms with Crippen molar-refractivity contribution >= 4 is 17.5 Å². The fourth-order valence-electron chi connectivity index (χ4n) is 5.23. The number of carbonyl (C=O) groups excluding carboxylic acids is 1. The van der Waals surface area contributed by atoms with Crippen LogP contribution in [-0.2, 0) is 16.6 Å². The summed E-state index contributed by atoms with van der Waals surface area (Å²) in [4.78, 5) is 26.6. The predicted molar refractivity (Wildman–Crippen MR) is 142 cm³/mol. The first-order chi connectivity index (χ1) is 17.9. The van der Waals surface area contributed by atoms with E-state index < -0.39 is 0 Å². The second-order valence-corrected chi connectivity index (χ2v) is 10.2. The maximum absolute atomic E-state index is 12.7. The SMILES string of the molecule is Cc1cc(C(=O)NC2CCOCC2)ccc1Nc1nccc(-c2cnc3c(c2)C(C)(CCC#N)CC3)n1. The molecule has 8 nitrogen and oxygen atoms in total. The second-order valence-electron chi connectivity index (χ2n) is 10.2. The van der Waals surface area contributed by atoms with Gasteiger partial charge in [-0.3, -0.25) is 9.78 Å². The Morgan fingerprint density at radius 2 is 2.05 bits per heavy atom. The number of pyridine rings is 1. The smallest absolute Gasteiger partial charge is 0.251 e. The zero-order valence-corrected chi connectivity index (χ0v) is 21.4. The third-order valence-electron chi connectivity index (χ3n) is 7.57. The fourth-order valence-corrected chi connectivity index (χ4v) is 5.23. The Morgan fingerprint density at radius 1 is 1.22 bits per heavy atom. The highest BCUT2D eigenvalue weighted by Crippen LogP contribution is 2.42. The number of nitriles is 1. The van der Waals surface area contributed by atoms with Gasteiger partial charge >= 0.3 is 0 Å². The summed E-state index contributed by atoms with van der Waals surface area (Å²) >= 11 is 0. The van der Waals surface area contributed by atoms with Crippen LogP contribution in [0.4, 0.5) is 11.6 Å². The maximum atomic E-state index is 12.7. The van der Waals surface area contributed by atoms with E-state index in [0.29, 0.717) is 31.1 Å². The number of anilines is 2. The van der Waals surface area contributed by atoms with Crippen LogP contribution >= 0.6 is 0 Å². The molecule has 2 aromatic heterocycles. The van der Waals surface area contributed by atoms with Crippen LogP contribution in [0, 0.1) is 18.3 Å². The first-order valence-corrected chi connectivity index (χ1v) is 12.9. The maximum Gasteiger partial charge on any atom is 0.251 e. The van der Waals surface area contributed by atoms with Gasteiger partial charge in [-0.2, -0.15) is 5.26 Å². The number of fused-ring (bicyclic) bond motifs is 1. The van der Waals surface area contributed by atoms with Crippen molar-refractivity contribution in [3.05, 3.63) is 65.1 Å². The zero-order chi connectivity index (χ0) is 25.8. The van der Waals surface area contributed by atoms with Gasteiger partial charge in [0.2, 0.25) is 5.95 Å². The third kappa shape index (κ3) is 5.47. The minimum absolute atomic E-state index is 0.0297. The molecule has 0 radical (unpaired) electrons. The molecule has 0 bridgehead atoms. The lowest BCUT2D eigenvalue weighted by Gasteiger charge is -2.24.